The van der Waals surface area contributed by atoms with Gasteiger partial charge in [0.05, 0.1) is 23.7 Å². The van der Waals surface area contributed by atoms with E-state index in [0.717, 1.165) is 5.56 Å². The highest BCUT2D eigenvalue weighted by atomic mass is 32.2. The molecular weight excluding hydrogens is 408 g/mol. The summed E-state index contributed by atoms with van der Waals surface area (Å²) in [5.74, 6) is -0.243. The summed E-state index contributed by atoms with van der Waals surface area (Å²) < 4.78 is 34.6. The number of alkyl carbamates (subject to hydrolysis) is 1. The lowest BCUT2D eigenvalue weighted by molar-refractivity contribution is 0.0950. The molecule has 0 bridgehead atoms. The van der Waals surface area contributed by atoms with Crippen LogP contribution in [0.3, 0.4) is 0 Å². The average Bonchev–Trinajstić information content (AvgIpc) is 2.73. The summed E-state index contributed by atoms with van der Waals surface area (Å²) in [5, 5.41) is 5.04. The Morgan fingerprint density at radius 1 is 0.933 bits per heavy atom. The lowest BCUT2D eigenvalue weighted by Crippen LogP contribution is -2.30. The van der Waals surface area contributed by atoms with Crippen LogP contribution in [0.15, 0.2) is 53.4 Å². The molecule has 0 unspecified atom stereocenters. The van der Waals surface area contributed by atoms with Crippen LogP contribution in [0.2, 0.25) is 0 Å². The minimum atomic E-state index is -3.67. The lowest BCUT2D eigenvalue weighted by atomic mass is 10.1. The molecule has 8 nitrogen and oxygen atoms in total. The molecule has 0 fully saturated rings. The molecule has 0 aliphatic rings. The molecule has 30 heavy (non-hydrogen) atoms. The van der Waals surface area contributed by atoms with Crippen molar-refractivity contribution in [3.8, 4) is 5.75 Å². The van der Waals surface area contributed by atoms with Gasteiger partial charge in [-0.3, -0.25) is 4.79 Å². The van der Waals surface area contributed by atoms with Gasteiger partial charge in [0.25, 0.3) is 5.91 Å². The van der Waals surface area contributed by atoms with Gasteiger partial charge in [-0.2, -0.15) is 0 Å². The van der Waals surface area contributed by atoms with Crippen LogP contribution in [-0.4, -0.2) is 46.1 Å². The van der Waals surface area contributed by atoms with E-state index in [1.165, 1.54) is 12.1 Å². The maximum absolute atomic E-state index is 12.4. The maximum Gasteiger partial charge on any atom is 0.407 e. The molecule has 162 valence electrons. The Kier molecular flexibility index (Phi) is 8.67. The fourth-order valence-electron chi connectivity index (χ4n) is 2.63. The summed E-state index contributed by atoms with van der Waals surface area (Å²) in [6.45, 7) is 4.50. The lowest BCUT2D eigenvalue weighted by Gasteiger charge is -2.11. The van der Waals surface area contributed by atoms with Gasteiger partial charge in [0, 0.05) is 6.54 Å². The predicted molar refractivity (Wildman–Crippen MR) is 112 cm³/mol. The van der Waals surface area contributed by atoms with E-state index in [1.807, 2.05) is 6.92 Å². The number of hydrogen-bond acceptors (Lipinski definition) is 6. The molecule has 0 saturated heterocycles. The van der Waals surface area contributed by atoms with Gasteiger partial charge in [-0.25, -0.2) is 13.2 Å². The Morgan fingerprint density at radius 2 is 1.63 bits per heavy atom. The number of ether oxygens (including phenoxy) is 2. The van der Waals surface area contributed by atoms with E-state index < -0.39 is 21.8 Å². The van der Waals surface area contributed by atoms with Crippen molar-refractivity contribution in [2.75, 3.05) is 25.6 Å². The average molecular weight is 435 g/mol. The van der Waals surface area contributed by atoms with E-state index in [4.69, 9.17) is 4.74 Å². The molecule has 0 radical (unpaired) electrons. The maximum atomic E-state index is 12.4. The third-order valence-corrected chi connectivity index (χ3v) is 5.61. The number of amides is 2. The predicted octanol–water partition coefficient (Wildman–Crippen LogP) is 2.54. The summed E-state index contributed by atoms with van der Waals surface area (Å²) in [6.07, 6.45) is -0.247. The van der Waals surface area contributed by atoms with Gasteiger partial charge in [-0.05, 0) is 50.1 Å². The Balaban J connectivity index is 1.89. The largest absolute Gasteiger partial charge is 0.493 e. The Labute approximate surface area is 176 Å². The number of sulfone groups is 1. The van der Waals surface area contributed by atoms with Crippen molar-refractivity contribution in [3.63, 3.8) is 0 Å². The first-order chi connectivity index (χ1) is 14.4. The van der Waals surface area contributed by atoms with Gasteiger partial charge in [-0.15, -0.1) is 0 Å². The molecular formula is C21H26N2O6S. The van der Waals surface area contributed by atoms with E-state index in [-0.39, 0.29) is 17.4 Å². The highest BCUT2D eigenvalue weighted by Gasteiger charge is 2.16. The molecule has 0 saturated carbocycles. The number of para-hydroxylation sites is 1. The second-order valence-corrected chi connectivity index (χ2v) is 8.22. The molecule has 2 rings (SSSR count). The van der Waals surface area contributed by atoms with Crippen LogP contribution in [0.4, 0.5) is 4.79 Å². The van der Waals surface area contributed by atoms with Crippen molar-refractivity contribution < 1.29 is 27.5 Å². The van der Waals surface area contributed by atoms with Crippen LogP contribution in [0.1, 0.15) is 29.8 Å². The molecule has 9 heteroatoms. The highest BCUT2D eigenvalue weighted by molar-refractivity contribution is 7.91. The van der Waals surface area contributed by atoms with Crippen molar-refractivity contribution in [3.05, 3.63) is 59.7 Å². The van der Waals surface area contributed by atoms with Gasteiger partial charge in [0.2, 0.25) is 0 Å². The first-order valence-electron chi connectivity index (χ1n) is 9.59. The smallest absolute Gasteiger partial charge is 0.407 e. The first-order valence-corrected chi connectivity index (χ1v) is 11.2. The molecule has 0 aromatic heterocycles. The van der Waals surface area contributed by atoms with Gasteiger partial charge < -0.3 is 20.1 Å². The topological polar surface area (TPSA) is 111 Å². The summed E-state index contributed by atoms with van der Waals surface area (Å²) >= 11 is 0. The Morgan fingerprint density at radius 3 is 2.30 bits per heavy atom. The summed E-state index contributed by atoms with van der Waals surface area (Å²) in [6, 6.07) is 13.3. The van der Waals surface area contributed by atoms with Crippen LogP contribution in [0, 0.1) is 0 Å². The van der Waals surface area contributed by atoms with Crippen LogP contribution >= 0.6 is 0 Å². The standard InChI is InChI=1S/C21H26N2O6S/c1-3-28-19-8-6-5-7-18(19)20(24)22-14-13-16-9-11-17(12-10-16)30(26,27)15-23-21(25)29-4-2/h5-12H,3-4,13-15H2,1-2H3,(H,22,24)(H,23,25). The summed E-state index contributed by atoms with van der Waals surface area (Å²) in [4.78, 5) is 23.7. The first kappa shape index (κ1) is 23.2. The molecule has 2 N–H and O–H groups in total. The Hall–Kier alpha value is -3.07. The van der Waals surface area contributed by atoms with Crippen molar-refractivity contribution >= 4 is 21.8 Å². The number of rotatable bonds is 10. The van der Waals surface area contributed by atoms with Gasteiger partial charge >= 0.3 is 6.09 Å². The van der Waals surface area contributed by atoms with Crippen LogP contribution in [-0.2, 0) is 21.0 Å². The highest BCUT2D eigenvalue weighted by Crippen LogP contribution is 2.17. The quantitative estimate of drug-likeness (QED) is 0.595. The molecule has 0 atom stereocenters. The minimum absolute atomic E-state index is 0.0951. The Bertz CT molecular complexity index is 958. The fraction of sp³-hybridized carbons (Fsp3) is 0.333. The second-order valence-electron chi connectivity index (χ2n) is 6.24. The molecule has 0 aliphatic carbocycles. The van der Waals surface area contributed by atoms with E-state index in [0.29, 0.717) is 30.9 Å². The second kappa shape index (κ2) is 11.2. The molecule has 0 aliphatic heterocycles. The van der Waals surface area contributed by atoms with E-state index in [2.05, 4.69) is 15.4 Å². The van der Waals surface area contributed by atoms with Crippen LogP contribution in [0.25, 0.3) is 0 Å². The van der Waals surface area contributed by atoms with Crippen LogP contribution in [0.5, 0.6) is 5.75 Å². The molecule has 2 amide bonds. The SMILES string of the molecule is CCOC(=O)NCS(=O)(=O)c1ccc(CCNC(=O)c2ccccc2OCC)cc1. The fourth-order valence-corrected chi connectivity index (χ4v) is 3.66. The number of benzene rings is 2. The third-order valence-electron chi connectivity index (χ3n) is 4.10. The molecule has 2 aromatic rings. The zero-order chi connectivity index (χ0) is 22.0. The van der Waals surface area contributed by atoms with Gasteiger partial charge in [0.1, 0.15) is 11.6 Å². The van der Waals surface area contributed by atoms with E-state index in [9.17, 15) is 18.0 Å². The van der Waals surface area contributed by atoms with Crippen LogP contribution < -0.4 is 15.4 Å². The van der Waals surface area contributed by atoms with Gasteiger partial charge in [-0.1, -0.05) is 24.3 Å². The number of nitrogens with one attached hydrogen (secondary N) is 2. The molecule has 0 spiro atoms. The summed E-state index contributed by atoms with van der Waals surface area (Å²) in [7, 11) is -3.67. The summed E-state index contributed by atoms with van der Waals surface area (Å²) in [5.41, 5.74) is 1.33. The van der Waals surface area contributed by atoms with Crippen molar-refractivity contribution in [1.82, 2.24) is 10.6 Å². The van der Waals surface area contributed by atoms with Gasteiger partial charge in [0.15, 0.2) is 9.84 Å². The zero-order valence-corrected chi connectivity index (χ0v) is 17.8. The third kappa shape index (κ3) is 6.77. The normalized spacial score (nSPS) is 10.9. The molecule has 2 aromatic carbocycles. The monoisotopic (exact) mass is 434 g/mol. The minimum Gasteiger partial charge on any atom is -0.493 e. The number of hydrogen-bond donors (Lipinski definition) is 2. The van der Waals surface area contributed by atoms with E-state index in [1.54, 1.807) is 43.3 Å². The van der Waals surface area contributed by atoms with E-state index >= 15 is 0 Å². The van der Waals surface area contributed by atoms with Crippen molar-refractivity contribution in [2.45, 2.75) is 25.2 Å². The van der Waals surface area contributed by atoms with Crippen molar-refractivity contribution in [1.29, 1.82) is 0 Å². The van der Waals surface area contributed by atoms with Crippen molar-refractivity contribution in [2.24, 2.45) is 0 Å². The zero-order valence-electron chi connectivity index (χ0n) is 17.0. The number of carbonyl (C=O) groups is 2. The molecule has 0 heterocycles. The number of carbonyl (C=O) groups excluding carboxylic acids is 2.